The summed E-state index contributed by atoms with van der Waals surface area (Å²) in [6.45, 7) is 5.02. The monoisotopic (exact) mass is 219 g/mol. The third-order valence-corrected chi connectivity index (χ3v) is 2.38. The quantitative estimate of drug-likeness (QED) is 0.742. The van der Waals surface area contributed by atoms with Gasteiger partial charge in [-0.15, -0.1) is 0 Å². The fraction of sp³-hybridized carbons (Fsp3) is 0.429. The Bertz CT molecular complexity index is 327. The summed E-state index contributed by atoms with van der Waals surface area (Å²) in [6, 6.07) is 7.95. The van der Waals surface area contributed by atoms with E-state index < -0.39 is 0 Å². The van der Waals surface area contributed by atoms with Crippen LogP contribution in [0.15, 0.2) is 30.3 Å². The van der Waals surface area contributed by atoms with E-state index in [1.807, 2.05) is 30.3 Å². The summed E-state index contributed by atoms with van der Waals surface area (Å²) in [4.78, 5) is 0. The first-order valence-electron chi connectivity index (χ1n) is 5.96. The largest absolute Gasteiger partial charge is 0.494 e. The van der Waals surface area contributed by atoms with Gasteiger partial charge in [-0.05, 0) is 42.7 Å². The van der Waals surface area contributed by atoms with Crippen LogP contribution >= 0.6 is 0 Å². The fourth-order valence-electron chi connectivity index (χ4n) is 1.42. The minimum atomic E-state index is 0.788. The number of allylic oxidation sites excluding steroid dienone is 1. The number of hydrogen-bond donors (Lipinski definition) is 1. The van der Waals surface area contributed by atoms with E-state index in [-0.39, 0.29) is 0 Å². The number of rotatable bonds is 6. The second-order valence-corrected chi connectivity index (χ2v) is 3.79. The molecule has 16 heavy (non-hydrogen) atoms. The van der Waals surface area contributed by atoms with Crippen molar-refractivity contribution < 1.29 is 4.74 Å². The van der Waals surface area contributed by atoms with Crippen LogP contribution in [0, 0.1) is 0 Å². The summed E-state index contributed by atoms with van der Waals surface area (Å²) >= 11 is 0. The summed E-state index contributed by atoms with van der Waals surface area (Å²) in [5.74, 6) is 0.918. The molecule has 1 aromatic carbocycles. The number of benzene rings is 1. The van der Waals surface area contributed by atoms with Crippen molar-refractivity contribution in [2.24, 2.45) is 5.73 Å². The van der Waals surface area contributed by atoms with Gasteiger partial charge in [-0.3, -0.25) is 0 Å². The Morgan fingerprint density at radius 2 is 1.94 bits per heavy atom. The normalized spacial score (nSPS) is 11.5. The Kier molecular flexibility index (Phi) is 5.48. The molecule has 0 saturated carbocycles. The van der Waals surface area contributed by atoms with E-state index >= 15 is 0 Å². The molecular weight excluding hydrogens is 198 g/mol. The zero-order valence-electron chi connectivity index (χ0n) is 10.2. The molecule has 1 rings (SSSR count). The minimum absolute atomic E-state index is 0.788. The topological polar surface area (TPSA) is 35.2 Å². The zero-order valence-corrected chi connectivity index (χ0v) is 10.2. The lowest BCUT2D eigenvalue weighted by Crippen LogP contribution is -1.98. The summed E-state index contributed by atoms with van der Waals surface area (Å²) in [5, 5.41) is 0. The van der Waals surface area contributed by atoms with E-state index in [0.29, 0.717) is 0 Å². The van der Waals surface area contributed by atoms with E-state index in [4.69, 9.17) is 10.5 Å². The van der Waals surface area contributed by atoms with Gasteiger partial charge in [0.2, 0.25) is 0 Å². The highest BCUT2D eigenvalue weighted by molar-refractivity contribution is 5.62. The predicted octanol–water partition coefficient (Wildman–Crippen LogP) is 3.58. The van der Waals surface area contributed by atoms with Gasteiger partial charge in [0.15, 0.2) is 0 Å². The smallest absolute Gasteiger partial charge is 0.119 e. The molecule has 0 amide bonds. The molecule has 0 spiro atoms. The van der Waals surface area contributed by atoms with Crippen molar-refractivity contribution in [1.29, 1.82) is 0 Å². The third kappa shape index (κ3) is 3.97. The highest BCUT2D eigenvalue weighted by atomic mass is 16.5. The van der Waals surface area contributed by atoms with Crippen LogP contribution in [0.25, 0.3) is 5.70 Å². The van der Waals surface area contributed by atoms with Gasteiger partial charge in [-0.1, -0.05) is 26.3 Å². The van der Waals surface area contributed by atoms with Crippen molar-refractivity contribution >= 4 is 5.70 Å². The zero-order chi connectivity index (χ0) is 11.8. The van der Waals surface area contributed by atoms with Gasteiger partial charge >= 0.3 is 0 Å². The predicted molar refractivity (Wildman–Crippen MR) is 69.3 cm³/mol. The molecule has 0 radical (unpaired) electrons. The van der Waals surface area contributed by atoms with Crippen molar-refractivity contribution in [2.75, 3.05) is 6.61 Å². The van der Waals surface area contributed by atoms with Crippen molar-refractivity contribution in [3.05, 3.63) is 35.9 Å². The number of hydrogen-bond acceptors (Lipinski definition) is 2. The molecule has 2 N–H and O–H groups in total. The minimum Gasteiger partial charge on any atom is -0.494 e. The van der Waals surface area contributed by atoms with Crippen LogP contribution in [0.5, 0.6) is 5.75 Å². The average molecular weight is 219 g/mol. The molecule has 88 valence electrons. The molecule has 0 unspecified atom stereocenters. The van der Waals surface area contributed by atoms with Gasteiger partial charge in [0.05, 0.1) is 6.61 Å². The lowest BCUT2D eigenvalue weighted by Gasteiger charge is -2.06. The van der Waals surface area contributed by atoms with E-state index in [0.717, 1.165) is 42.9 Å². The van der Waals surface area contributed by atoms with Gasteiger partial charge in [0.25, 0.3) is 0 Å². The van der Waals surface area contributed by atoms with Crippen LogP contribution in [-0.4, -0.2) is 6.61 Å². The van der Waals surface area contributed by atoms with Crippen LogP contribution in [0.2, 0.25) is 0 Å². The second-order valence-electron chi connectivity index (χ2n) is 3.79. The Labute approximate surface area is 98.1 Å². The first-order chi connectivity index (χ1) is 7.77. The van der Waals surface area contributed by atoms with E-state index in [2.05, 4.69) is 13.8 Å². The van der Waals surface area contributed by atoms with Crippen molar-refractivity contribution in [3.63, 3.8) is 0 Å². The van der Waals surface area contributed by atoms with E-state index in [1.165, 1.54) is 0 Å². The molecule has 0 aromatic heterocycles. The lowest BCUT2D eigenvalue weighted by molar-refractivity contribution is 0.309. The van der Waals surface area contributed by atoms with Gasteiger partial charge in [-0.25, -0.2) is 0 Å². The third-order valence-electron chi connectivity index (χ3n) is 2.38. The molecule has 0 aliphatic carbocycles. The van der Waals surface area contributed by atoms with Crippen molar-refractivity contribution in [3.8, 4) is 5.75 Å². The van der Waals surface area contributed by atoms with Gasteiger partial charge in [0, 0.05) is 5.70 Å². The molecule has 2 nitrogen and oxygen atoms in total. The first-order valence-corrected chi connectivity index (χ1v) is 5.96. The Morgan fingerprint density at radius 3 is 2.50 bits per heavy atom. The molecule has 1 aromatic rings. The maximum absolute atomic E-state index is 5.90. The number of nitrogens with two attached hydrogens (primary N) is 1. The molecule has 0 saturated heterocycles. The maximum atomic E-state index is 5.90. The fourth-order valence-corrected chi connectivity index (χ4v) is 1.42. The summed E-state index contributed by atoms with van der Waals surface area (Å²) in [5.41, 5.74) is 7.79. The first kappa shape index (κ1) is 12.6. The molecular formula is C14H21NO. The van der Waals surface area contributed by atoms with Crippen molar-refractivity contribution in [1.82, 2.24) is 0 Å². The summed E-state index contributed by atoms with van der Waals surface area (Å²) < 4.78 is 5.58. The molecule has 0 heterocycles. The molecule has 0 atom stereocenters. The van der Waals surface area contributed by atoms with Crippen LogP contribution in [0.4, 0.5) is 0 Å². The maximum Gasteiger partial charge on any atom is 0.119 e. The van der Waals surface area contributed by atoms with Gasteiger partial charge < -0.3 is 10.5 Å². The number of ether oxygens (including phenoxy) is 1. The SMILES string of the molecule is CCC=C(N)c1ccc(OCCCC)cc1. The Hall–Kier alpha value is -1.44. The Balaban J connectivity index is 2.57. The van der Waals surface area contributed by atoms with Crippen LogP contribution in [0.1, 0.15) is 38.7 Å². The summed E-state index contributed by atoms with van der Waals surface area (Å²) in [7, 11) is 0. The number of unbranched alkanes of at least 4 members (excludes halogenated alkanes) is 1. The Morgan fingerprint density at radius 1 is 1.25 bits per heavy atom. The van der Waals surface area contributed by atoms with E-state index in [9.17, 15) is 0 Å². The lowest BCUT2D eigenvalue weighted by atomic mass is 10.1. The average Bonchev–Trinajstić information content (AvgIpc) is 2.30. The van der Waals surface area contributed by atoms with Gasteiger partial charge in [-0.2, -0.15) is 0 Å². The second kappa shape index (κ2) is 6.94. The van der Waals surface area contributed by atoms with E-state index in [1.54, 1.807) is 0 Å². The standard InChI is InChI=1S/C14H21NO/c1-3-5-11-16-13-9-7-12(8-10-13)14(15)6-4-2/h6-10H,3-5,11,15H2,1-2H3. The summed E-state index contributed by atoms with van der Waals surface area (Å²) in [6.07, 6.45) is 5.23. The van der Waals surface area contributed by atoms with Crippen LogP contribution < -0.4 is 10.5 Å². The van der Waals surface area contributed by atoms with Crippen molar-refractivity contribution in [2.45, 2.75) is 33.1 Å². The molecule has 0 aliphatic rings. The molecule has 0 bridgehead atoms. The molecule has 0 fully saturated rings. The molecule has 2 heteroatoms. The van der Waals surface area contributed by atoms with Gasteiger partial charge in [0.1, 0.15) is 5.75 Å². The highest BCUT2D eigenvalue weighted by Gasteiger charge is 1.97. The van der Waals surface area contributed by atoms with Crippen LogP contribution in [-0.2, 0) is 0 Å². The molecule has 0 aliphatic heterocycles. The van der Waals surface area contributed by atoms with Crippen LogP contribution in [0.3, 0.4) is 0 Å². The highest BCUT2D eigenvalue weighted by Crippen LogP contribution is 2.16.